The molecule has 82 valence electrons. The van der Waals surface area contributed by atoms with Crippen molar-refractivity contribution in [3.63, 3.8) is 0 Å². The van der Waals surface area contributed by atoms with Gasteiger partial charge in [-0.25, -0.2) is 9.18 Å². The lowest BCUT2D eigenvalue weighted by atomic mass is 10.1. The molecule has 0 atom stereocenters. The largest absolute Gasteiger partial charge is 0.478 e. The van der Waals surface area contributed by atoms with Gasteiger partial charge < -0.3 is 5.11 Å². The van der Waals surface area contributed by atoms with Crippen LogP contribution in [-0.2, 0) is 0 Å². The fourth-order valence-electron chi connectivity index (χ4n) is 1.28. The molecule has 1 N–H and O–H groups in total. The van der Waals surface area contributed by atoms with Crippen LogP contribution in [0.25, 0.3) is 10.4 Å². The lowest BCUT2D eigenvalue weighted by molar-refractivity contribution is 0.0697. The van der Waals surface area contributed by atoms with Gasteiger partial charge in [0.05, 0.1) is 5.56 Å². The molecule has 0 radical (unpaired) electrons. The van der Waals surface area contributed by atoms with Gasteiger partial charge in [0.1, 0.15) is 5.82 Å². The molecule has 0 aliphatic carbocycles. The van der Waals surface area contributed by atoms with Crippen molar-refractivity contribution in [2.75, 3.05) is 0 Å². The third kappa shape index (κ3) is 2.15. The van der Waals surface area contributed by atoms with E-state index in [-0.39, 0.29) is 11.4 Å². The number of hydrogen-bond donors (Lipinski definition) is 1. The summed E-state index contributed by atoms with van der Waals surface area (Å²) >= 11 is 4.46. The van der Waals surface area contributed by atoms with E-state index in [0.29, 0.717) is 10.4 Å². The number of aromatic carboxylic acids is 1. The first kappa shape index (κ1) is 11.3. The summed E-state index contributed by atoms with van der Waals surface area (Å²) < 4.78 is 14.3. The second-order valence-electron chi connectivity index (χ2n) is 3.13. The average molecular weight is 301 g/mol. The molecule has 1 heterocycles. The molecule has 2 aromatic rings. The Hall–Kier alpha value is -1.20. The molecule has 0 saturated carbocycles. The number of halogens is 2. The van der Waals surface area contributed by atoms with Crippen LogP contribution in [0.3, 0.4) is 0 Å². The Bertz CT molecular complexity index is 551. The van der Waals surface area contributed by atoms with Gasteiger partial charge in [0.25, 0.3) is 0 Å². The molecule has 16 heavy (non-hydrogen) atoms. The summed E-state index contributed by atoms with van der Waals surface area (Å²) in [6.45, 7) is 0. The molecule has 0 fully saturated rings. The van der Waals surface area contributed by atoms with E-state index in [0.717, 1.165) is 4.47 Å². The SMILES string of the molecule is O=C(O)c1csc(-c2cc(Br)ccc2F)c1. The fourth-order valence-corrected chi connectivity index (χ4v) is 2.54. The van der Waals surface area contributed by atoms with Gasteiger partial charge in [-0.15, -0.1) is 11.3 Å². The van der Waals surface area contributed by atoms with Crippen LogP contribution in [0, 0.1) is 5.82 Å². The number of hydrogen-bond acceptors (Lipinski definition) is 2. The maximum atomic E-state index is 13.5. The third-order valence-corrected chi connectivity index (χ3v) is 3.50. The zero-order valence-electron chi connectivity index (χ0n) is 7.91. The summed E-state index contributed by atoms with van der Waals surface area (Å²) in [5.41, 5.74) is 0.589. The van der Waals surface area contributed by atoms with Crippen molar-refractivity contribution in [2.24, 2.45) is 0 Å². The van der Waals surface area contributed by atoms with Crippen molar-refractivity contribution >= 4 is 33.2 Å². The quantitative estimate of drug-likeness (QED) is 0.910. The highest BCUT2D eigenvalue weighted by molar-refractivity contribution is 9.10. The molecule has 0 aliphatic heterocycles. The standard InChI is InChI=1S/C11H6BrFO2S/c12-7-1-2-9(13)8(4-7)10-3-6(5-16-10)11(14)15/h1-5H,(H,14,15). The van der Waals surface area contributed by atoms with Gasteiger partial charge in [0, 0.05) is 20.3 Å². The highest BCUT2D eigenvalue weighted by Gasteiger charge is 2.11. The van der Waals surface area contributed by atoms with Crippen LogP contribution < -0.4 is 0 Å². The van der Waals surface area contributed by atoms with E-state index in [9.17, 15) is 9.18 Å². The van der Waals surface area contributed by atoms with Crippen LogP contribution in [0.1, 0.15) is 10.4 Å². The van der Waals surface area contributed by atoms with Gasteiger partial charge in [-0.05, 0) is 24.3 Å². The molecule has 1 aromatic carbocycles. The van der Waals surface area contributed by atoms with Crippen molar-refractivity contribution in [1.82, 2.24) is 0 Å². The van der Waals surface area contributed by atoms with Crippen LogP contribution >= 0.6 is 27.3 Å². The number of carboxylic acids is 1. The zero-order valence-corrected chi connectivity index (χ0v) is 10.3. The lowest BCUT2D eigenvalue weighted by Gasteiger charge is -2.00. The van der Waals surface area contributed by atoms with Crippen molar-refractivity contribution in [1.29, 1.82) is 0 Å². The Morgan fingerprint density at radius 3 is 2.75 bits per heavy atom. The minimum Gasteiger partial charge on any atom is -0.478 e. The number of thiophene rings is 1. The number of rotatable bonds is 2. The maximum Gasteiger partial charge on any atom is 0.336 e. The monoisotopic (exact) mass is 300 g/mol. The first-order valence-corrected chi connectivity index (χ1v) is 6.02. The van der Waals surface area contributed by atoms with Crippen LogP contribution in [0.5, 0.6) is 0 Å². The molecule has 0 spiro atoms. The number of carbonyl (C=O) groups is 1. The highest BCUT2D eigenvalue weighted by atomic mass is 79.9. The van der Waals surface area contributed by atoms with E-state index >= 15 is 0 Å². The summed E-state index contributed by atoms with van der Waals surface area (Å²) in [5.74, 6) is -1.36. The van der Waals surface area contributed by atoms with E-state index in [4.69, 9.17) is 5.11 Å². The third-order valence-electron chi connectivity index (χ3n) is 2.04. The van der Waals surface area contributed by atoms with Crippen molar-refractivity contribution in [3.05, 3.63) is 45.5 Å². The Morgan fingerprint density at radius 2 is 2.12 bits per heavy atom. The number of carboxylic acid groups (broad SMARTS) is 1. The fraction of sp³-hybridized carbons (Fsp3) is 0. The van der Waals surface area contributed by atoms with Crippen LogP contribution in [0.15, 0.2) is 34.1 Å². The smallest absolute Gasteiger partial charge is 0.336 e. The molecular formula is C11H6BrFO2S. The first-order chi connectivity index (χ1) is 7.58. The second-order valence-corrected chi connectivity index (χ2v) is 4.96. The molecule has 0 unspecified atom stereocenters. The summed E-state index contributed by atoms with van der Waals surface area (Å²) in [6.07, 6.45) is 0. The minimum atomic E-state index is -1.00. The molecule has 2 nitrogen and oxygen atoms in total. The van der Waals surface area contributed by atoms with Gasteiger partial charge in [-0.1, -0.05) is 15.9 Å². The van der Waals surface area contributed by atoms with Gasteiger partial charge in [-0.2, -0.15) is 0 Å². The Labute approximate surface area is 103 Å². The average Bonchev–Trinajstić information content (AvgIpc) is 2.70. The highest BCUT2D eigenvalue weighted by Crippen LogP contribution is 2.31. The van der Waals surface area contributed by atoms with E-state index < -0.39 is 5.97 Å². The van der Waals surface area contributed by atoms with Gasteiger partial charge in [0.2, 0.25) is 0 Å². The van der Waals surface area contributed by atoms with Crippen LogP contribution in [-0.4, -0.2) is 11.1 Å². The topological polar surface area (TPSA) is 37.3 Å². The molecule has 0 amide bonds. The van der Waals surface area contributed by atoms with Crippen LogP contribution in [0.4, 0.5) is 4.39 Å². The summed E-state index contributed by atoms with van der Waals surface area (Å²) in [4.78, 5) is 11.3. The van der Waals surface area contributed by atoms with Gasteiger partial charge in [0.15, 0.2) is 0 Å². The van der Waals surface area contributed by atoms with E-state index in [1.807, 2.05) is 0 Å². The number of benzene rings is 1. The van der Waals surface area contributed by atoms with E-state index in [2.05, 4.69) is 15.9 Å². The summed E-state index contributed by atoms with van der Waals surface area (Å²) in [5, 5.41) is 10.3. The Kier molecular flexibility index (Phi) is 3.07. The molecule has 2 rings (SSSR count). The van der Waals surface area contributed by atoms with Gasteiger partial charge in [-0.3, -0.25) is 0 Å². The molecular weight excluding hydrogens is 295 g/mol. The Morgan fingerprint density at radius 1 is 1.38 bits per heavy atom. The van der Waals surface area contributed by atoms with E-state index in [1.165, 1.54) is 28.8 Å². The molecule has 0 saturated heterocycles. The predicted molar refractivity (Wildman–Crippen MR) is 64.4 cm³/mol. The molecule has 0 aliphatic rings. The van der Waals surface area contributed by atoms with Crippen molar-refractivity contribution in [2.45, 2.75) is 0 Å². The van der Waals surface area contributed by atoms with Crippen molar-refractivity contribution in [3.8, 4) is 10.4 Å². The van der Waals surface area contributed by atoms with Crippen molar-refractivity contribution < 1.29 is 14.3 Å². The van der Waals surface area contributed by atoms with E-state index in [1.54, 1.807) is 12.1 Å². The zero-order chi connectivity index (χ0) is 11.7. The van der Waals surface area contributed by atoms with Crippen LogP contribution in [0.2, 0.25) is 0 Å². The molecule has 1 aromatic heterocycles. The lowest BCUT2D eigenvalue weighted by Crippen LogP contribution is -1.91. The second kappa shape index (κ2) is 4.35. The normalized spacial score (nSPS) is 10.4. The van der Waals surface area contributed by atoms with Gasteiger partial charge >= 0.3 is 5.97 Å². The summed E-state index contributed by atoms with van der Waals surface area (Å²) in [7, 11) is 0. The molecule has 0 bridgehead atoms. The molecule has 5 heteroatoms. The predicted octanol–water partition coefficient (Wildman–Crippen LogP) is 4.01. The summed E-state index contributed by atoms with van der Waals surface area (Å²) in [6, 6.07) is 6.05. The Balaban J connectivity index is 2.50. The minimum absolute atomic E-state index is 0.180. The maximum absolute atomic E-state index is 13.5. The first-order valence-electron chi connectivity index (χ1n) is 4.35.